The molecule has 0 radical (unpaired) electrons. The normalized spacial score (nSPS) is 10.1. The van der Waals surface area contributed by atoms with Gasteiger partial charge in [0.05, 0.1) is 0 Å². The highest BCUT2D eigenvalue weighted by Crippen LogP contribution is 2.05. The molecule has 1 aromatic rings. The third-order valence-corrected chi connectivity index (χ3v) is 2.12. The van der Waals surface area contributed by atoms with Crippen molar-refractivity contribution in [2.45, 2.75) is 19.8 Å². The molecule has 0 heterocycles. The summed E-state index contributed by atoms with van der Waals surface area (Å²) >= 11 is 0. The Hall–Kier alpha value is -1.39. The van der Waals surface area contributed by atoms with Crippen molar-refractivity contribution < 1.29 is 14.4 Å². The van der Waals surface area contributed by atoms with Crippen LogP contribution in [0.25, 0.3) is 0 Å². The van der Waals surface area contributed by atoms with Gasteiger partial charge in [0, 0.05) is 13.5 Å². The van der Waals surface area contributed by atoms with Gasteiger partial charge in [-0.15, -0.1) is 0 Å². The van der Waals surface area contributed by atoms with E-state index in [0.29, 0.717) is 12.8 Å². The first-order chi connectivity index (χ1) is 7.72. The molecule has 16 heavy (non-hydrogen) atoms. The Bertz CT molecular complexity index is 322. The second-order valence-electron chi connectivity index (χ2n) is 3.56. The molecule has 0 atom stereocenters. The molecule has 1 aromatic carbocycles. The highest BCUT2D eigenvalue weighted by atomic mass is 16.8. The van der Waals surface area contributed by atoms with E-state index in [4.69, 9.17) is 4.84 Å². The van der Waals surface area contributed by atoms with Gasteiger partial charge < -0.3 is 4.74 Å². The van der Waals surface area contributed by atoms with Crippen molar-refractivity contribution in [3.8, 4) is 0 Å². The number of benzene rings is 1. The zero-order chi connectivity index (χ0) is 11.8. The number of hydrogen-bond donors (Lipinski definition) is 1. The lowest BCUT2D eigenvalue weighted by atomic mass is 10.1. The minimum Gasteiger partial charge on any atom is -0.356 e. The van der Waals surface area contributed by atoms with Gasteiger partial charge in [-0.25, -0.2) is 10.3 Å². The minimum atomic E-state index is -0.141. The first kappa shape index (κ1) is 12.7. The number of carbonyl (C=O) groups is 1. The molecule has 0 aliphatic carbocycles. The fourth-order valence-electron chi connectivity index (χ4n) is 1.23. The molecule has 88 valence electrons. The van der Waals surface area contributed by atoms with Crippen LogP contribution in [0.5, 0.6) is 0 Å². The minimum absolute atomic E-state index is 0.0657. The molecule has 0 spiro atoms. The van der Waals surface area contributed by atoms with E-state index in [1.165, 1.54) is 12.7 Å². The van der Waals surface area contributed by atoms with Crippen molar-refractivity contribution in [3.63, 3.8) is 0 Å². The summed E-state index contributed by atoms with van der Waals surface area (Å²) < 4.78 is 4.63. The van der Waals surface area contributed by atoms with Crippen molar-refractivity contribution in [3.05, 3.63) is 35.4 Å². The van der Waals surface area contributed by atoms with E-state index in [1.54, 1.807) is 0 Å². The van der Waals surface area contributed by atoms with Gasteiger partial charge in [-0.05, 0) is 18.9 Å². The summed E-state index contributed by atoms with van der Waals surface area (Å²) in [6, 6.07) is 8.13. The Balaban J connectivity index is 2.23. The number of amides is 1. The van der Waals surface area contributed by atoms with Gasteiger partial charge in [0.2, 0.25) is 5.91 Å². The second-order valence-corrected chi connectivity index (χ2v) is 3.56. The highest BCUT2D eigenvalue weighted by Gasteiger charge is 2.01. The summed E-state index contributed by atoms with van der Waals surface area (Å²) in [7, 11) is 1.50. The molecule has 0 bridgehead atoms. The van der Waals surface area contributed by atoms with Crippen LogP contribution in [0.3, 0.4) is 0 Å². The summed E-state index contributed by atoms with van der Waals surface area (Å²) in [6.07, 6.45) is 1.12. The summed E-state index contributed by atoms with van der Waals surface area (Å²) in [5.41, 5.74) is 4.67. The van der Waals surface area contributed by atoms with Gasteiger partial charge in [-0.1, -0.05) is 29.8 Å². The number of nitrogens with one attached hydrogen (secondary N) is 1. The number of rotatable bonds is 6. The standard InChI is InChI=1S/C12H17NO3/c1-10-3-5-11(6-4-10)7-8-12(14)13-16-9-15-2/h3-6H,7-9H2,1-2H3,(H,13,14). The molecule has 1 amide bonds. The fourth-order valence-corrected chi connectivity index (χ4v) is 1.23. The predicted molar refractivity (Wildman–Crippen MR) is 60.6 cm³/mol. The van der Waals surface area contributed by atoms with Crippen molar-refractivity contribution in [1.82, 2.24) is 5.48 Å². The average molecular weight is 223 g/mol. The molecule has 4 heteroatoms. The first-order valence-corrected chi connectivity index (χ1v) is 5.17. The van der Waals surface area contributed by atoms with Crippen LogP contribution < -0.4 is 5.48 Å². The van der Waals surface area contributed by atoms with Crippen LogP contribution in [0.1, 0.15) is 17.5 Å². The lowest BCUT2D eigenvalue weighted by Crippen LogP contribution is -2.24. The molecule has 0 saturated heterocycles. The molecule has 0 aromatic heterocycles. The van der Waals surface area contributed by atoms with Gasteiger partial charge >= 0.3 is 0 Å². The summed E-state index contributed by atoms with van der Waals surface area (Å²) in [6.45, 7) is 2.10. The Morgan fingerprint density at radius 2 is 2.00 bits per heavy atom. The van der Waals surface area contributed by atoms with Crippen molar-refractivity contribution in [1.29, 1.82) is 0 Å². The summed E-state index contributed by atoms with van der Waals surface area (Å²) in [5, 5.41) is 0. The van der Waals surface area contributed by atoms with Gasteiger partial charge in [0.15, 0.2) is 6.79 Å². The largest absolute Gasteiger partial charge is 0.356 e. The molecule has 0 aliphatic rings. The first-order valence-electron chi connectivity index (χ1n) is 5.17. The fraction of sp³-hybridized carbons (Fsp3) is 0.417. The predicted octanol–water partition coefficient (Wildman–Crippen LogP) is 1.58. The Morgan fingerprint density at radius 3 is 2.62 bits per heavy atom. The van der Waals surface area contributed by atoms with Crippen molar-refractivity contribution in [2.75, 3.05) is 13.9 Å². The quantitative estimate of drug-likeness (QED) is 0.452. The van der Waals surface area contributed by atoms with Gasteiger partial charge in [0.1, 0.15) is 0 Å². The van der Waals surface area contributed by atoms with Gasteiger partial charge in [0.25, 0.3) is 0 Å². The van der Waals surface area contributed by atoms with Crippen LogP contribution in [0.15, 0.2) is 24.3 Å². The molecule has 4 nitrogen and oxygen atoms in total. The topological polar surface area (TPSA) is 47.6 Å². The molecular formula is C12H17NO3. The molecule has 1 rings (SSSR count). The lowest BCUT2D eigenvalue weighted by Gasteiger charge is -2.04. The van der Waals surface area contributed by atoms with Crippen molar-refractivity contribution in [2.24, 2.45) is 0 Å². The Kier molecular flexibility index (Phi) is 5.53. The van der Waals surface area contributed by atoms with E-state index < -0.39 is 0 Å². The van der Waals surface area contributed by atoms with Gasteiger partial charge in [-0.3, -0.25) is 4.79 Å². The van der Waals surface area contributed by atoms with E-state index in [9.17, 15) is 4.79 Å². The molecule has 0 unspecified atom stereocenters. The van der Waals surface area contributed by atoms with E-state index in [2.05, 4.69) is 10.2 Å². The molecule has 0 saturated carbocycles. The highest BCUT2D eigenvalue weighted by molar-refractivity contribution is 5.75. The van der Waals surface area contributed by atoms with Crippen LogP contribution in [-0.2, 0) is 20.8 Å². The zero-order valence-corrected chi connectivity index (χ0v) is 9.66. The molecule has 1 N–H and O–H groups in total. The maximum absolute atomic E-state index is 11.3. The van der Waals surface area contributed by atoms with Crippen LogP contribution in [-0.4, -0.2) is 19.8 Å². The van der Waals surface area contributed by atoms with E-state index >= 15 is 0 Å². The number of hydrogen-bond acceptors (Lipinski definition) is 3. The van der Waals surface area contributed by atoms with Crippen molar-refractivity contribution >= 4 is 5.91 Å². The third kappa shape index (κ3) is 4.91. The number of methoxy groups -OCH3 is 1. The summed E-state index contributed by atoms with van der Waals surface area (Å²) in [4.78, 5) is 16.0. The van der Waals surface area contributed by atoms with E-state index in [0.717, 1.165) is 5.56 Å². The monoisotopic (exact) mass is 223 g/mol. The summed E-state index contributed by atoms with van der Waals surface area (Å²) in [5.74, 6) is -0.141. The lowest BCUT2D eigenvalue weighted by molar-refractivity contribution is -0.144. The zero-order valence-electron chi connectivity index (χ0n) is 9.66. The van der Waals surface area contributed by atoms with Gasteiger partial charge in [-0.2, -0.15) is 0 Å². The van der Waals surface area contributed by atoms with Crippen LogP contribution in [0.2, 0.25) is 0 Å². The Labute approximate surface area is 95.5 Å². The third-order valence-electron chi connectivity index (χ3n) is 2.12. The molecule has 0 fully saturated rings. The number of ether oxygens (including phenoxy) is 1. The maximum atomic E-state index is 11.3. The Morgan fingerprint density at radius 1 is 1.31 bits per heavy atom. The number of carbonyl (C=O) groups excluding carboxylic acids is 1. The van der Waals surface area contributed by atoms with Crippen LogP contribution in [0, 0.1) is 6.92 Å². The maximum Gasteiger partial charge on any atom is 0.243 e. The second kappa shape index (κ2) is 6.98. The SMILES string of the molecule is COCONC(=O)CCc1ccc(C)cc1. The molecule has 0 aliphatic heterocycles. The molecular weight excluding hydrogens is 206 g/mol. The number of hydroxylamine groups is 1. The van der Waals surface area contributed by atoms with Crippen LogP contribution >= 0.6 is 0 Å². The average Bonchev–Trinajstić information content (AvgIpc) is 2.29. The smallest absolute Gasteiger partial charge is 0.243 e. The van der Waals surface area contributed by atoms with E-state index in [-0.39, 0.29) is 12.7 Å². The van der Waals surface area contributed by atoms with Crippen LogP contribution in [0.4, 0.5) is 0 Å². The number of aryl methyl sites for hydroxylation is 2. The van der Waals surface area contributed by atoms with E-state index in [1.807, 2.05) is 31.2 Å².